The highest BCUT2D eigenvalue weighted by Crippen LogP contribution is 2.13. The van der Waals surface area contributed by atoms with Crippen molar-refractivity contribution in [3.05, 3.63) is 50.4 Å². The van der Waals surface area contributed by atoms with Crippen LogP contribution in [-0.4, -0.2) is 37.0 Å². The molecule has 1 heterocycles. The maximum Gasteiger partial charge on any atom is 0.251 e. The van der Waals surface area contributed by atoms with E-state index in [0.717, 1.165) is 15.9 Å². The molecule has 0 aliphatic heterocycles. The number of nitrogens with one attached hydrogen (secondary N) is 3. The second-order valence-electron chi connectivity index (χ2n) is 5.19. The Bertz CT molecular complexity index is 737. The third-order valence-corrected chi connectivity index (χ3v) is 5.01. The number of aromatic nitrogens is 1. The summed E-state index contributed by atoms with van der Waals surface area (Å²) in [6, 6.07) is 7.31. The molecule has 2 aromatic rings. The van der Waals surface area contributed by atoms with E-state index >= 15 is 0 Å². The maximum atomic E-state index is 12.0. The molecule has 6 nitrogen and oxygen atoms in total. The number of benzene rings is 1. The molecule has 0 saturated carbocycles. The van der Waals surface area contributed by atoms with Gasteiger partial charge in [-0.25, -0.2) is 4.98 Å². The number of halogens is 2. The molecule has 0 aliphatic rings. The molecule has 3 N–H and O–H groups in total. The summed E-state index contributed by atoms with van der Waals surface area (Å²) in [5.41, 5.74) is 0.632. The Morgan fingerprint density at radius 2 is 2.04 bits per heavy atom. The van der Waals surface area contributed by atoms with E-state index in [2.05, 4.69) is 48.8 Å². The maximum absolute atomic E-state index is 12.0. The van der Waals surface area contributed by atoms with Gasteiger partial charge in [-0.2, -0.15) is 0 Å². The smallest absolute Gasteiger partial charge is 0.251 e. The summed E-state index contributed by atoms with van der Waals surface area (Å²) in [4.78, 5) is 21.8. The van der Waals surface area contributed by atoms with Crippen LogP contribution in [0.15, 0.2) is 39.9 Å². The average Bonchev–Trinajstić information content (AvgIpc) is 3.09. The van der Waals surface area contributed by atoms with Gasteiger partial charge < -0.3 is 16.0 Å². The van der Waals surface area contributed by atoms with Gasteiger partial charge in [0.25, 0.3) is 5.91 Å². The highest BCUT2D eigenvalue weighted by atomic mass is 127. The molecule has 0 fully saturated rings. The first-order valence-corrected chi connectivity index (χ1v) is 9.65. The van der Waals surface area contributed by atoms with Crippen molar-refractivity contribution in [2.24, 2.45) is 4.99 Å². The van der Waals surface area contributed by atoms with E-state index in [1.54, 1.807) is 30.5 Å². The Hall–Kier alpha value is -1.20. The molecule has 26 heavy (non-hydrogen) atoms. The number of thiazole rings is 1. The van der Waals surface area contributed by atoms with Crippen LogP contribution in [-0.2, 0) is 13.0 Å². The Morgan fingerprint density at radius 1 is 1.27 bits per heavy atom. The number of guanidine groups is 1. The van der Waals surface area contributed by atoms with E-state index in [1.807, 2.05) is 18.3 Å². The van der Waals surface area contributed by atoms with Gasteiger partial charge in [-0.15, -0.1) is 35.3 Å². The fourth-order valence-corrected chi connectivity index (χ4v) is 3.26. The molecule has 0 unspecified atom stereocenters. The predicted molar refractivity (Wildman–Crippen MR) is 122 cm³/mol. The van der Waals surface area contributed by atoms with Crippen LogP contribution in [0, 0.1) is 0 Å². The molecular formula is C17H23BrIN5OS. The van der Waals surface area contributed by atoms with Crippen molar-refractivity contribution in [3.63, 3.8) is 0 Å². The van der Waals surface area contributed by atoms with Crippen LogP contribution < -0.4 is 16.0 Å². The lowest BCUT2D eigenvalue weighted by Gasteiger charge is -2.11. The van der Waals surface area contributed by atoms with Crippen molar-refractivity contribution in [2.75, 3.05) is 20.1 Å². The Labute approximate surface area is 183 Å². The summed E-state index contributed by atoms with van der Waals surface area (Å²) in [5, 5.41) is 10.3. The van der Waals surface area contributed by atoms with E-state index in [9.17, 15) is 4.79 Å². The lowest BCUT2D eigenvalue weighted by atomic mass is 10.2. The number of amides is 1. The molecule has 0 spiro atoms. The normalized spacial score (nSPS) is 10.8. The minimum atomic E-state index is -0.0964. The van der Waals surface area contributed by atoms with Crippen molar-refractivity contribution in [1.82, 2.24) is 20.9 Å². The van der Waals surface area contributed by atoms with Crippen LogP contribution in [0.25, 0.3) is 0 Å². The van der Waals surface area contributed by atoms with Crippen molar-refractivity contribution in [1.29, 1.82) is 0 Å². The van der Waals surface area contributed by atoms with Gasteiger partial charge in [0.2, 0.25) is 0 Å². The molecular weight excluding hydrogens is 529 g/mol. The van der Waals surface area contributed by atoms with E-state index in [1.165, 1.54) is 4.88 Å². The number of aliphatic imine (C=N–C) groups is 1. The van der Waals surface area contributed by atoms with Crippen LogP contribution in [0.2, 0.25) is 0 Å². The van der Waals surface area contributed by atoms with Crippen molar-refractivity contribution < 1.29 is 4.79 Å². The van der Waals surface area contributed by atoms with Crippen molar-refractivity contribution in [3.8, 4) is 0 Å². The first kappa shape index (κ1) is 22.8. The average molecular weight is 552 g/mol. The quantitative estimate of drug-likeness (QED) is 0.214. The Balaban J connectivity index is 0.00000338. The molecule has 0 bridgehead atoms. The molecule has 1 aromatic heterocycles. The van der Waals surface area contributed by atoms with Gasteiger partial charge in [0, 0.05) is 41.2 Å². The largest absolute Gasteiger partial charge is 0.355 e. The number of carbonyl (C=O) groups is 1. The van der Waals surface area contributed by atoms with Crippen LogP contribution >= 0.6 is 51.2 Å². The minimum Gasteiger partial charge on any atom is -0.355 e. The highest BCUT2D eigenvalue weighted by Gasteiger charge is 2.05. The lowest BCUT2D eigenvalue weighted by Crippen LogP contribution is -2.41. The van der Waals surface area contributed by atoms with Gasteiger partial charge in [-0.1, -0.05) is 28.9 Å². The zero-order valence-corrected chi connectivity index (χ0v) is 19.4. The summed E-state index contributed by atoms with van der Waals surface area (Å²) in [6.45, 7) is 3.84. The fraction of sp³-hybridized carbons (Fsp3) is 0.353. The van der Waals surface area contributed by atoms with Crippen LogP contribution in [0.5, 0.6) is 0 Å². The monoisotopic (exact) mass is 551 g/mol. The number of hydrogen-bond donors (Lipinski definition) is 3. The second kappa shape index (κ2) is 12.2. The first-order chi connectivity index (χ1) is 12.1. The fourth-order valence-electron chi connectivity index (χ4n) is 2.06. The molecule has 9 heteroatoms. The third kappa shape index (κ3) is 7.58. The van der Waals surface area contributed by atoms with Crippen LogP contribution in [0.4, 0.5) is 0 Å². The SMILES string of the molecule is CCc1cnc(CNC(=NC)NCCNC(=O)c2cccc(Br)c2)s1.I. The Kier molecular flexibility index (Phi) is 10.7. The number of aryl methyl sites for hydroxylation is 1. The summed E-state index contributed by atoms with van der Waals surface area (Å²) < 4.78 is 0.885. The number of rotatable bonds is 7. The topological polar surface area (TPSA) is 78.4 Å². The standard InChI is InChI=1S/C17H22BrN5OS.HI/c1-3-14-10-22-15(25-14)11-23-17(19-2)21-8-7-20-16(24)12-5-4-6-13(18)9-12;/h4-6,9-10H,3,7-8,11H2,1-2H3,(H,20,24)(H2,19,21,23);1H. The molecule has 0 radical (unpaired) electrons. The summed E-state index contributed by atoms with van der Waals surface area (Å²) in [7, 11) is 1.72. The summed E-state index contributed by atoms with van der Waals surface area (Å²) >= 11 is 5.06. The van der Waals surface area contributed by atoms with Gasteiger partial charge in [-0.05, 0) is 24.6 Å². The van der Waals surface area contributed by atoms with Gasteiger partial charge in [0.15, 0.2) is 5.96 Å². The summed E-state index contributed by atoms with van der Waals surface area (Å²) in [6.07, 6.45) is 2.91. The minimum absolute atomic E-state index is 0. The van der Waals surface area contributed by atoms with Gasteiger partial charge in [0.1, 0.15) is 5.01 Å². The number of nitrogens with zero attached hydrogens (tertiary/aromatic N) is 2. The van der Waals surface area contributed by atoms with Crippen LogP contribution in [0.3, 0.4) is 0 Å². The molecule has 142 valence electrons. The molecule has 0 atom stereocenters. The molecule has 2 rings (SSSR count). The van der Waals surface area contributed by atoms with Gasteiger partial charge in [0.05, 0.1) is 6.54 Å². The van der Waals surface area contributed by atoms with E-state index in [0.29, 0.717) is 31.2 Å². The second-order valence-corrected chi connectivity index (χ2v) is 7.31. The lowest BCUT2D eigenvalue weighted by molar-refractivity contribution is 0.0954. The predicted octanol–water partition coefficient (Wildman–Crippen LogP) is 3.18. The molecule has 1 amide bonds. The van der Waals surface area contributed by atoms with E-state index in [4.69, 9.17) is 0 Å². The highest BCUT2D eigenvalue weighted by molar-refractivity contribution is 14.0. The van der Waals surface area contributed by atoms with Gasteiger partial charge in [-0.3, -0.25) is 9.79 Å². The zero-order valence-electron chi connectivity index (χ0n) is 14.7. The number of carbonyl (C=O) groups excluding carboxylic acids is 1. The van der Waals surface area contributed by atoms with E-state index in [-0.39, 0.29) is 29.9 Å². The Morgan fingerprint density at radius 3 is 2.69 bits per heavy atom. The van der Waals surface area contributed by atoms with Gasteiger partial charge >= 0.3 is 0 Å². The molecule has 0 aliphatic carbocycles. The van der Waals surface area contributed by atoms with E-state index < -0.39 is 0 Å². The zero-order chi connectivity index (χ0) is 18.1. The first-order valence-electron chi connectivity index (χ1n) is 8.04. The molecule has 1 aromatic carbocycles. The third-order valence-electron chi connectivity index (χ3n) is 3.37. The van der Waals surface area contributed by atoms with Crippen molar-refractivity contribution in [2.45, 2.75) is 19.9 Å². The van der Waals surface area contributed by atoms with Crippen LogP contribution in [0.1, 0.15) is 27.2 Å². The molecule has 0 saturated heterocycles. The number of hydrogen-bond acceptors (Lipinski definition) is 4. The van der Waals surface area contributed by atoms with Crippen molar-refractivity contribution >= 4 is 63.1 Å². The summed E-state index contributed by atoms with van der Waals surface area (Å²) in [5.74, 6) is 0.589.